The third-order valence-corrected chi connectivity index (χ3v) is 13.6. The molecule has 0 bridgehead atoms. The van der Waals surface area contributed by atoms with Gasteiger partial charge < -0.3 is 37.9 Å². The number of aliphatic hydroxyl groups is 1. The predicted molar refractivity (Wildman–Crippen MR) is 202 cm³/mol. The highest BCUT2D eigenvalue weighted by atomic mass is 16.7. The van der Waals surface area contributed by atoms with E-state index in [-0.39, 0.29) is 40.4 Å². The number of hydrogen-bond acceptors (Lipinski definition) is 8. The van der Waals surface area contributed by atoms with E-state index in [1.807, 2.05) is 19.9 Å². The van der Waals surface area contributed by atoms with Crippen molar-refractivity contribution in [3.63, 3.8) is 0 Å². The second kappa shape index (κ2) is 11.7. The molecule has 8 rings (SSSR count). The van der Waals surface area contributed by atoms with Crippen molar-refractivity contribution in [2.45, 2.75) is 166 Å². The number of methoxy groups -OCH3 is 1. The molecule has 2 saturated heterocycles. The highest BCUT2D eigenvalue weighted by molar-refractivity contribution is 6.62. The highest BCUT2D eigenvalue weighted by Crippen LogP contribution is 2.58. The lowest BCUT2D eigenvalue weighted by atomic mass is 9.73. The Kier molecular flexibility index (Phi) is 8.56. The zero-order valence-electron chi connectivity index (χ0n) is 33.4. The van der Waals surface area contributed by atoms with E-state index in [2.05, 4.69) is 87.4 Å². The summed E-state index contributed by atoms with van der Waals surface area (Å²) in [6.45, 7) is 26.0. The second-order valence-corrected chi connectivity index (χ2v) is 19.1. The number of rotatable bonds is 5. The fourth-order valence-corrected chi connectivity index (χ4v) is 7.95. The summed E-state index contributed by atoms with van der Waals surface area (Å²) in [5.74, 6) is 1.89. The quantitative estimate of drug-likeness (QED) is 0.345. The lowest BCUT2D eigenvalue weighted by molar-refractivity contribution is 0.00578. The minimum absolute atomic E-state index is 0.229. The van der Waals surface area contributed by atoms with Crippen molar-refractivity contribution < 1.29 is 37.9 Å². The van der Waals surface area contributed by atoms with Crippen molar-refractivity contribution in [1.29, 1.82) is 0 Å². The van der Waals surface area contributed by atoms with E-state index < -0.39 is 18.3 Å². The molecule has 0 aromatic heterocycles. The van der Waals surface area contributed by atoms with Gasteiger partial charge >= 0.3 is 14.2 Å². The van der Waals surface area contributed by atoms with Crippen LogP contribution in [0, 0.1) is 0 Å². The molecule has 4 aliphatic heterocycles. The minimum atomic E-state index is -0.975. The van der Waals surface area contributed by atoms with Crippen LogP contribution in [-0.4, -0.2) is 62.1 Å². The van der Waals surface area contributed by atoms with Crippen LogP contribution >= 0.6 is 0 Å². The molecule has 2 spiro atoms. The number of fused-ring (bicyclic) bond motifs is 4. The van der Waals surface area contributed by atoms with E-state index in [0.29, 0.717) is 0 Å². The third-order valence-electron chi connectivity index (χ3n) is 13.6. The highest BCUT2D eigenvalue weighted by Gasteiger charge is 2.56. The Balaban J connectivity index is 0.000000159. The topological polar surface area (TPSA) is 84.8 Å². The maximum Gasteiger partial charge on any atom is 0.494 e. The summed E-state index contributed by atoms with van der Waals surface area (Å²) >= 11 is 0. The molecular formula is C41H60B2O8. The van der Waals surface area contributed by atoms with Gasteiger partial charge in [-0.05, 0) is 133 Å². The van der Waals surface area contributed by atoms with E-state index in [1.165, 1.54) is 36.8 Å². The van der Waals surface area contributed by atoms with Crippen LogP contribution < -0.4 is 20.4 Å². The van der Waals surface area contributed by atoms with Crippen LogP contribution in [0.25, 0.3) is 0 Å². The zero-order chi connectivity index (χ0) is 37.2. The molecule has 51 heavy (non-hydrogen) atoms. The van der Waals surface area contributed by atoms with Crippen LogP contribution in [0.5, 0.6) is 11.5 Å². The summed E-state index contributed by atoms with van der Waals surface area (Å²) in [4.78, 5) is 0. The molecule has 10 heteroatoms. The van der Waals surface area contributed by atoms with Crippen molar-refractivity contribution in [2.75, 3.05) is 20.3 Å². The van der Waals surface area contributed by atoms with E-state index in [9.17, 15) is 5.11 Å². The van der Waals surface area contributed by atoms with Gasteiger partial charge in [-0.1, -0.05) is 24.3 Å². The summed E-state index contributed by atoms with van der Waals surface area (Å²) in [7, 11) is 0.965. The van der Waals surface area contributed by atoms with Gasteiger partial charge in [-0.15, -0.1) is 0 Å². The van der Waals surface area contributed by atoms with Crippen LogP contribution in [0.3, 0.4) is 0 Å². The Labute approximate surface area is 306 Å². The molecule has 2 aromatic rings. The Morgan fingerprint density at radius 3 is 1.25 bits per heavy atom. The first kappa shape index (κ1) is 37.3. The van der Waals surface area contributed by atoms with Crippen molar-refractivity contribution in [1.82, 2.24) is 0 Å². The molecule has 8 nitrogen and oxygen atoms in total. The molecule has 2 aromatic carbocycles. The van der Waals surface area contributed by atoms with Gasteiger partial charge in [0.05, 0.1) is 46.8 Å². The van der Waals surface area contributed by atoms with Crippen LogP contribution in [0.15, 0.2) is 24.3 Å². The standard InChI is InChI=1S/C21H31BO4.C20H29BO4/c1-18(2,23-7)15-12-14(22-25-19(3,4)20(5,6)26-22)13-16-17(15)24-11-10-21(16)8-9-21;1-17(2,22)14-11-13(21-24-18(3,4)19(5,6)25-21)12-15-16(14)23-10-9-20(15)7-8-20/h12-13H,8-11H2,1-7H3;11-12,22H,7-10H2,1-6H3. The number of hydrogen-bond donors (Lipinski definition) is 1. The first-order valence-corrected chi connectivity index (χ1v) is 19.1. The molecule has 0 atom stereocenters. The van der Waals surface area contributed by atoms with Gasteiger partial charge in [0.1, 0.15) is 11.5 Å². The molecule has 0 radical (unpaired) electrons. The van der Waals surface area contributed by atoms with Gasteiger partial charge in [0, 0.05) is 40.2 Å². The first-order chi connectivity index (χ1) is 23.5. The van der Waals surface area contributed by atoms with Crippen molar-refractivity contribution in [3.05, 3.63) is 46.5 Å². The summed E-state index contributed by atoms with van der Waals surface area (Å²) in [5.41, 5.74) is 4.16. The van der Waals surface area contributed by atoms with Crippen molar-refractivity contribution >= 4 is 25.2 Å². The van der Waals surface area contributed by atoms with Crippen LogP contribution in [0.1, 0.15) is 144 Å². The summed E-state index contributed by atoms with van der Waals surface area (Å²) in [6.07, 6.45) is 7.02. The fourth-order valence-electron chi connectivity index (χ4n) is 7.95. The molecule has 0 amide bonds. The summed E-state index contributed by atoms with van der Waals surface area (Å²) in [6, 6.07) is 8.62. The maximum absolute atomic E-state index is 10.7. The van der Waals surface area contributed by atoms with E-state index in [0.717, 1.165) is 59.6 Å². The molecule has 4 fully saturated rings. The second-order valence-electron chi connectivity index (χ2n) is 19.1. The van der Waals surface area contributed by atoms with E-state index >= 15 is 0 Å². The zero-order valence-corrected chi connectivity index (χ0v) is 33.4. The average Bonchev–Trinajstić information content (AvgIpc) is 3.95. The molecule has 0 unspecified atom stereocenters. The smallest absolute Gasteiger partial charge is 0.493 e. The molecule has 4 heterocycles. The molecule has 2 aliphatic carbocycles. The summed E-state index contributed by atoms with van der Waals surface area (Å²) in [5, 5.41) is 10.7. The Morgan fingerprint density at radius 1 is 0.569 bits per heavy atom. The minimum Gasteiger partial charge on any atom is -0.493 e. The van der Waals surface area contributed by atoms with Crippen molar-refractivity contribution in [3.8, 4) is 11.5 Å². The predicted octanol–water partition coefficient (Wildman–Crippen LogP) is 6.71. The van der Waals surface area contributed by atoms with Crippen LogP contribution in [-0.2, 0) is 45.4 Å². The lowest BCUT2D eigenvalue weighted by Gasteiger charge is -2.33. The molecular weight excluding hydrogens is 642 g/mol. The van der Waals surface area contributed by atoms with Gasteiger partial charge in [-0.25, -0.2) is 0 Å². The number of ether oxygens (including phenoxy) is 3. The van der Waals surface area contributed by atoms with Gasteiger partial charge in [-0.3, -0.25) is 0 Å². The Bertz CT molecular complexity index is 1650. The Morgan fingerprint density at radius 2 is 0.922 bits per heavy atom. The van der Waals surface area contributed by atoms with Crippen LogP contribution in [0.4, 0.5) is 0 Å². The Hall–Kier alpha value is -2.07. The van der Waals surface area contributed by atoms with Crippen molar-refractivity contribution in [2.24, 2.45) is 0 Å². The average molecular weight is 703 g/mol. The molecule has 6 aliphatic rings. The van der Waals surface area contributed by atoms with E-state index in [1.54, 1.807) is 7.11 Å². The van der Waals surface area contributed by atoms with Gasteiger partial charge in [-0.2, -0.15) is 0 Å². The lowest BCUT2D eigenvalue weighted by Crippen LogP contribution is -2.41. The molecule has 1 N–H and O–H groups in total. The normalized spacial score (nSPS) is 25.4. The van der Waals surface area contributed by atoms with Gasteiger partial charge in [0.2, 0.25) is 0 Å². The number of benzene rings is 2. The fraction of sp³-hybridized carbons (Fsp3) is 0.707. The maximum atomic E-state index is 10.7. The van der Waals surface area contributed by atoms with Gasteiger partial charge in [0.15, 0.2) is 0 Å². The SMILES string of the molecule is CC(C)(O)c1cc(B2OC(C)(C)C(C)(C)O2)cc2c1OCCC21CC1.COC(C)(C)c1cc(B2OC(C)(C)C(C)(C)O2)cc2c1OCCC21CC1. The van der Waals surface area contributed by atoms with Gasteiger partial charge in [0.25, 0.3) is 0 Å². The molecule has 2 saturated carbocycles. The molecule has 278 valence electrons. The monoisotopic (exact) mass is 702 g/mol. The largest absolute Gasteiger partial charge is 0.494 e. The first-order valence-electron chi connectivity index (χ1n) is 19.1. The summed E-state index contributed by atoms with van der Waals surface area (Å²) < 4.78 is 43.1. The van der Waals surface area contributed by atoms with E-state index in [4.69, 9.17) is 32.8 Å². The van der Waals surface area contributed by atoms with Crippen LogP contribution in [0.2, 0.25) is 0 Å². The third kappa shape index (κ3) is 6.28.